The SMILES string of the molecule is CCc1cccc(NS(=O)(=O)CC(C)CCl)c1. The van der Waals surface area contributed by atoms with E-state index in [0.717, 1.165) is 12.0 Å². The molecule has 0 aliphatic heterocycles. The first-order valence-electron chi connectivity index (χ1n) is 5.62. The lowest BCUT2D eigenvalue weighted by atomic mass is 10.1. The maximum atomic E-state index is 11.8. The highest BCUT2D eigenvalue weighted by Gasteiger charge is 2.15. The number of alkyl halides is 1. The lowest BCUT2D eigenvalue weighted by molar-refractivity contribution is 0.588. The Morgan fingerprint density at radius 2 is 2.12 bits per heavy atom. The summed E-state index contributed by atoms with van der Waals surface area (Å²) in [4.78, 5) is 0. The fourth-order valence-electron chi connectivity index (χ4n) is 1.50. The van der Waals surface area contributed by atoms with Gasteiger partial charge in [0.2, 0.25) is 10.0 Å². The molecule has 3 nitrogen and oxygen atoms in total. The topological polar surface area (TPSA) is 46.2 Å². The van der Waals surface area contributed by atoms with Gasteiger partial charge >= 0.3 is 0 Å². The van der Waals surface area contributed by atoms with E-state index in [9.17, 15) is 8.42 Å². The third-order valence-corrected chi connectivity index (χ3v) is 4.46. The van der Waals surface area contributed by atoms with Gasteiger partial charge in [0.1, 0.15) is 0 Å². The van der Waals surface area contributed by atoms with Crippen molar-refractivity contribution < 1.29 is 8.42 Å². The van der Waals surface area contributed by atoms with E-state index < -0.39 is 10.0 Å². The van der Waals surface area contributed by atoms with Gasteiger partial charge in [0.05, 0.1) is 5.75 Å². The van der Waals surface area contributed by atoms with Crippen LogP contribution in [0.2, 0.25) is 0 Å². The van der Waals surface area contributed by atoms with Crippen LogP contribution < -0.4 is 4.72 Å². The molecule has 0 spiro atoms. The van der Waals surface area contributed by atoms with E-state index in [1.54, 1.807) is 6.07 Å². The Morgan fingerprint density at radius 3 is 2.71 bits per heavy atom. The van der Waals surface area contributed by atoms with Crippen LogP contribution in [-0.4, -0.2) is 20.1 Å². The lowest BCUT2D eigenvalue weighted by Crippen LogP contribution is -2.22. The second kappa shape index (κ2) is 6.26. The number of halogens is 1. The molecular formula is C12H18ClNO2S. The molecule has 5 heteroatoms. The predicted octanol–water partition coefficient (Wildman–Crippen LogP) is 2.87. The molecule has 1 aromatic carbocycles. The Kier molecular flexibility index (Phi) is 5.28. The van der Waals surface area contributed by atoms with E-state index in [4.69, 9.17) is 11.6 Å². The molecule has 96 valence electrons. The largest absolute Gasteiger partial charge is 0.284 e. The molecule has 0 aliphatic rings. The highest BCUT2D eigenvalue weighted by Crippen LogP contribution is 2.14. The van der Waals surface area contributed by atoms with E-state index in [2.05, 4.69) is 4.72 Å². The normalized spacial score (nSPS) is 13.4. The summed E-state index contributed by atoms with van der Waals surface area (Å²) < 4.78 is 26.2. The minimum absolute atomic E-state index is 0.0485. The van der Waals surface area contributed by atoms with Crippen molar-refractivity contribution in [2.45, 2.75) is 20.3 Å². The third kappa shape index (κ3) is 4.96. The average molecular weight is 276 g/mol. The van der Waals surface area contributed by atoms with Gasteiger partial charge < -0.3 is 0 Å². The van der Waals surface area contributed by atoms with Crippen molar-refractivity contribution in [1.29, 1.82) is 0 Å². The van der Waals surface area contributed by atoms with Crippen molar-refractivity contribution in [3.05, 3.63) is 29.8 Å². The lowest BCUT2D eigenvalue weighted by Gasteiger charge is -2.11. The zero-order chi connectivity index (χ0) is 12.9. The van der Waals surface area contributed by atoms with Crippen LogP contribution in [0.25, 0.3) is 0 Å². The molecule has 0 fully saturated rings. The van der Waals surface area contributed by atoms with E-state index in [-0.39, 0.29) is 11.7 Å². The molecule has 0 aromatic heterocycles. The Hall–Kier alpha value is -0.740. The van der Waals surface area contributed by atoms with Crippen molar-refractivity contribution in [2.24, 2.45) is 5.92 Å². The average Bonchev–Trinajstić information content (AvgIpc) is 2.27. The zero-order valence-electron chi connectivity index (χ0n) is 10.1. The van der Waals surface area contributed by atoms with E-state index >= 15 is 0 Å². The Balaban J connectivity index is 2.75. The zero-order valence-corrected chi connectivity index (χ0v) is 11.7. The summed E-state index contributed by atoms with van der Waals surface area (Å²) in [7, 11) is -3.31. The van der Waals surface area contributed by atoms with Gasteiger partial charge in [-0.1, -0.05) is 26.0 Å². The fourth-order valence-corrected chi connectivity index (χ4v) is 3.17. The molecule has 0 radical (unpaired) electrons. The van der Waals surface area contributed by atoms with Gasteiger partial charge in [-0.15, -0.1) is 11.6 Å². The number of benzene rings is 1. The van der Waals surface area contributed by atoms with Gasteiger partial charge in [0.15, 0.2) is 0 Å². The minimum Gasteiger partial charge on any atom is -0.284 e. The Bertz CT molecular complexity index is 459. The van der Waals surface area contributed by atoms with Crippen molar-refractivity contribution in [3.8, 4) is 0 Å². The molecular weight excluding hydrogens is 258 g/mol. The van der Waals surface area contributed by atoms with Crippen LogP contribution in [0.1, 0.15) is 19.4 Å². The number of aryl methyl sites for hydroxylation is 1. The van der Waals surface area contributed by atoms with Gasteiger partial charge in [-0.3, -0.25) is 4.72 Å². The predicted molar refractivity (Wildman–Crippen MR) is 73.1 cm³/mol. The molecule has 0 amide bonds. The second-order valence-electron chi connectivity index (χ2n) is 4.20. The number of sulfonamides is 1. The molecule has 0 saturated heterocycles. The first-order valence-corrected chi connectivity index (χ1v) is 7.81. The standard InChI is InChI=1S/C12H18ClNO2S/c1-3-11-5-4-6-12(7-11)14-17(15,16)9-10(2)8-13/h4-7,10,14H,3,8-9H2,1-2H3. The Morgan fingerprint density at radius 1 is 1.41 bits per heavy atom. The molecule has 17 heavy (non-hydrogen) atoms. The van der Waals surface area contributed by atoms with Crippen LogP contribution in [0.3, 0.4) is 0 Å². The van der Waals surface area contributed by atoms with Crippen LogP contribution in [0.5, 0.6) is 0 Å². The molecule has 0 saturated carbocycles. The number of anilines is 1. The number of hydrogen-bond donors (Lipinski definition) is 1. The van der Waals surface area contributed by atoms with Crippen LogP contribution in [0.4, 0.5) is 5.69 Å². The molecule has 0 aliphatic carbocycles. The Labute approximate surface area is 108 Å². The second-order valence-corrected chi connectivity index (χ2v) is 6.27. The van der Waals surface area contributed by atoms with Crippen molar-refractivity contribution in [3.63, 3.8) is 0 Å². The molecule has 1 rings (SSSR count). The third-order valence-electron chi connectivity index (χ3n) is 2.38. The van der Waals surface area contributed by atoms with Crippen LogP contribution in [0, 0.1) is 5.92 Å². The van der Waals surface area contributed by atoms with E-state index in [0.29, 0.717) is 11.6 Å². The molecule has 1 N–H and O–H groups in total. The maximum Gasteiger partial charge on any atom is 0.233 e. The van der Waals surface area contributed by atoms with E-state index in [1.165, 1.54) is 0 Å². The first kappa shape index (κ1) is 14.3. The van der Waals surface area contributed by atoms with Crippen molar-refractivity contribution in [2.75, 3.05) is 16.4 Å². The van der Waals surface area contributed by atoms with Gasteiger partial charge in [-0.2, -0.15) is 0 Å². The molecule has 0 bridgehead atoms. The molecule has 1 aromatic rings. The smallest absolute Gasteiger partial charge is 0.233 e. The van der Waals surface area contributed by atoms with Crippen molar-refractivity contribution >= 4 is 27.3 Å². The highest BCUT2D eigenvalue weighted by molar-refractivity contribution is 7.92. The van der Waals surface area contributed by atoms with Gasteiger partial charge in [0.25, 0.3) is 0 Å². The molecule has 1 atom stereocenters. The van der Waals surface area contributed by atoms with Crippen LogP contribution >= 0.6 is 11.6 Å². The highest BCUT2D eigenvalue weighted by atomic mass is 35.5. The summed E-state index contributed by atoms with van der Waals surface area (Å²) in [5, 5.41) is 0. The van der Waals surface area contributed by atoms with Crippen molar-refractivity contribution in [1.82, 2.24) is 0 Å². The summed E-state index contributed by atoms with van der Waals surface area (Å²) in [6.07, 6.45) is 0.883. The number of hydrogen-bond acceptors (Lipinski definition) is 2. The van der Waals surface area contributed by atoms with Gasteiger partial charge in [-0.05, 0) is 30.0 Å². The minimum atomic E-state index is -3.31. The summed E-state index contributed by atoms with van der Waals surface area (Å²) in [5.74, 6) is 0.339. The van der Waals surface area contributed by atoms with Crippen LogP contribution in [-0.2, 0) is 16.4 Å². The monoisotopic (exact) mass is 275 g/mol. The first-order chi connectivity index (χ1) is 7.96. The fraction of sp³-hybridized carbons (Fsp3) is 0.500. The summed E-state index contributed by atoms with van der Waals surface area (Å²) in [5.41, 5.74) is 1.72. The molecule has 1 unspecified atom stereocenters. The number of rotatable bonds is 6. The summed E-state index contributed by atoms with van der Waals surface area (Å²) in [6.45, 7) is 3.85. The van der Waals surface area contributed by atoms with Gasteiger partial charge in [-0.25, -0.2) is 8.42 Å². The molecule has 0 heterocycles. The quantitative estimate of drug-likeness (QED) is 0.812. The van der Waals surface area contributed by atoms with Gasteiger partial charge in [0, 0.05) is 11.6 Å². The summed E-state index contributed by atoms with van der Waals surface area (Å²) >= 11 is 5.62. The maximum absolute atomic E-state index is 11.8. The number of nitrogens with one attached hydrogen (secondary N) is 1. The summed E-state index contributed by atoms with van der Waals surface area (Å²) in [6, 6.07) is 7.42. The van der Waals surface area contributed by atoms with E-state index in [1.807, 2.05) is 32.0 Å². The van der Waals surface area contributed by atoms with Crippen LogP contribution in [0.15, 0.2) is 24.3 Å².